The first-order chi connectivity index (χ1) is 19.6. The Bertz CT molecular complexity index is 533. The van der Waals surface area contributed by atoms with Crippen LogP contribution in [-0.2, 0) is 14.3 Å². The highest BCUT2D eigenvalue weighted by molar-refractivity contribution is 5.69. The smallest absolute Gasteiger partial charge is 0.306 e. The van der Waals surface area contributed by atoms with Crippen molar-refractivity contribution in [2.75, 3.05) is 0 Å². The van der Waals surface area contributed by atoms with E-state index in [0.29, 0.717) is 6.42 Å². The van der Waals surface area contributed by atoms with Crippen LogP contribution in [-0.4, -0.2) is 23.1 Å². The largest absolute Gasteiger partial charge is 0.481 e. The molecule has 0 aliphatic carbocycles. The third kappa shape index (κ3) is 31.5. The van der Waals surface area contributed by atoms with E-state index in [1.54, 1.807) is 0 Å². The number of carboxylic acid groups (broad SMARTS) is 1. The molecule has 0 aromatic rings. The lowest BCUT2D eigenvalue weighted by Gasteiger charge is -2.18. The minimum absolute atomic E-state index is 0.00459. The van der Waals surface area contributed by atoms with Crippen molar-refractivity contribution in [2.24, 2.45) is 0 Å². The number of unbranched alkanes of at least 4 members (excludes halogenated alkanes) is 24. The molecule has 0 aliphatic heterocycles. The summed E-state index contributed by atoms with van der Waals surface area (Å²) in [4.78, 5) is 23.2. The molecule has 238 valence electrons. The Balaban J connectivity index is 4.03. The fraction of sp³-hybridized carbons (Fsp3) is 0.944. The zero-order valence-corrected chi connectivity index (χ0v) is 27.2. The average molecular weight is 567 g/mol. The molecule has 0 aliphatic rings. The molecule has 40 heavy (non-hydrogen) atoms. The molecule has 0 fully saturated rings. The molecule has 1 unspecified atom stereocenters. The Labute approximate surface area is 250 Å². The van der Waals surface area contributed by atoms with E-state index < -0.39 is 5.97 Å². The number of carbonyl (C=O) groups excluding carboxylic acids is 1. The van der Waals surface area contributed by atoms with Crippen molar-refractivity contribution in [3.63, 3.8) is 0 Å². The molecule has 4 heteroatoms. The van der Waals surface area contributed by atoms with Crippen molar-refractivity contribution in [3.05, 3.63) is 0 Å². The van der Waals surface area contributed by atoms with E-state index in [1.807, 2.05) is 0 Å². The first-order valence-electron chi connectivity index (χ1n) is 18.0. The fourth-order valence-corrected chi connectivity index (χ4v) is 5.66. The van der Waals surface area contributed by atoms with Gasteiger partial charge in [0, 0.05) is 12.8 Å². The van der Waals surface area contributed by atoms with Gasteiger partial charge in [-0.15, -0.1) is 0 Å². The number of hydrogen-bond acceptors (Lipinski definition) is 3. The number of hydrogen-bond donors (Lipinski definition) is 1. The number of rotatable bonds is 33. The highest BCUT2D eigenvalue weighted by Gasteiger charge is 2.14. The van der Waals surface area contributed by atoms with Gasteiger partial charge in [0.25, 0.3) is 0 Å². The van der Waals surface area contributed by atoms with Crippen LogP contribution in [0.4, 0.5) is 0 Å². The second-order valence-electron chi connectivity index (χ2n) is 12.4. The molecular formula is C36H70O4. The number of ether oxygens (including phenoxy) is 1. The van der Waals surface area contributed by atoms with Crippen molar-refractivity contribution >= 4 is 11.9 Å². The number of esters is 1. The summed E-state index contributed by atoms with van der Waals surface area (Å²) in [6, 6.07) is 0. The molecule has 0 heterocycles. The lowest BCUT2D eigenvalue weighted by molar-refractivity contribution is -0.150. The molecule has 0 saturated carbocycles. The Morgan fingerprint density at radius 1 is 0.450 bits per heavy atom. The quantitative estimate of drug-likeness (QED) is 0.0633. The molecule has 0 rings (SSSR count). The molecule has 1 atom stereocenters. The molecule has 0 saturated heterocycles. The van der Waals surface area contributed by atoms with Crippen molar-refractivity contribution in [2.45, 2.75) is 219 Å². The van der Waals surface area contributed by atoms with Gasteiger partial charge in [-0.2, -0.15) is 0 Å². The van der Waals surface area contributed by atoms with E-state index in [-0.39, 0.29) is 18.5 Å². The lowest BCUT2D eigenvalue weighted by atomic mass is 10.0. The third-order valence-corrected chi connectivity index (χ3v) is 8.33. The maximum atomic E-state index is 12.6. The molecule has 0 aromatic carbocycles. The van der Waals surface area contributed by atoms with Crippen LogP contribution in [0.5, 0.6) is 0 Å². The number of aliphatic carboxylic acids is 1. The molecule has 0 bridgehead atoms. The highest BCUT2D eigenvalue weighted by Crippen LogP contribution is 2.19. The molecule has 0 amide bonds. The second-order valence-corrected chi connectivity index (χ2v) is 12.4. The number of carbonyl (C=O) groups is 2. The third-order valence-electron chi connectivity index (χ3n) is 8.33. The van der Waals surface area contributed by atoms with Crippen LogP contribution >= 0.6 is 0 Å². The van der Waals surface area contributed by atoms with Gasteiger partial charge in [0.05, 0.1) is 0 Å². The standard InChI is InChI=1S/C36H70O4/c1-3-5-7-9-11-13-15-16-17-19-22-26-30-34(31-27-23-21-24-28-32-35(37)38)40-36(39)33-29-25-20-18-14-12-10-8-6-4-2/h34H,3-33H2,1-2H3,(H,37,38). The minimum atomic E-state index is -0.697. The molecule has 0 aromatic heterocycles. The van der Waals surface area contributed by atoms with Crippen molar-refractivity contribution in [3.8, 4) is 0 Å². The van der Waals surface area contributed by atoms with E-state index in [4.69, 9.17) is 9.84 Å². The first-order valence-corrected chi connectivity index (χ1v) is 18.0. The lowest BCUT2D eigenvalue weighted by Crippen LogP contribution is -2.18. The van der Waals surface area contributed by atoms with Crippen LogP contribution in [0.1, 0.15) is 213 Å². The Morgan fingerprint density at radius 2 is 0.750 bits per heavy atom. The van der Waals surface area contributed by atoms with Crippen LogP contribution in [0, 0.1) is 0 Å². The van der Waals surface area contributed by atoms with E-state index >= 15 is 0 Å². The summed E-state index contributed by atoms with van der Waals surface area (Å²) in [6.45, 7) is 4.54. The molecule has 0 radical (unpaired) electrons. The zero-order chi connectivity index (χ0) is 29.4. The second kappa shape index (κ2) is 32.5. The van der Waals surface area contributed by atoms with Crippen LogP contribution in [0.25, 0.3) is 0 Å². The molecule has 0 spiro atoms. The van der Waals surface area contributed by atoms with E-state index in [1.165, 1.54) is 122 Å². The first kappa shape index (κ1) is 38.9. The summed E-state index contributed by atoms with van der Waals surface area (Å²) in [5, 5.41) is 8.79. The van der Waals surface area contributed by atoms with Gasteiger partial charge in [0.15, 0.2) is 0 Å². The summed E-state index contributed by atoms with van der Waals surface area (Å²) in [5.74, 6) is -0.693. The van der Waals surface area contributed by atoms with Crippen LogP contribution in [0.2, 0.25) is 0 Å². The van der Waals surface area contributed by atoms with Gasteiger partial charge in [-0.1, -0.05) is 162 Å². The minimum Gasteiger partial charge on any atom is -0.481 e. The van der Waals surface area contributed by atoms with Gasteiger partial charge < -0.3 is 9.84 Å². The van der Waals surface area contributed by atoms with Crippen molar-refractivity contribution < 1.29 is 19.4 Å². The predicted octanol–water partition coefficient (Wildman–Crippen LogP) is 12.1. The highest BCUT2D eigenvalue weighted by atomic mass is 16.5. The number of carboxylic acids is 1. The summed E-state index contributed by atoms with van der Waals surface area (Å²) < 4.78 is 5.98. The molecule has 4 nitrogen and oxygen atoms in total. The van der Waals surface area contributed by atoms with Gasteiger partial charge in [-0.3, -0.25) is 9.59 Å². The average Bonchev–Trinajstić information content (AvgIpc) is 2.93. The van der Waals surface area contributed by atoms with Gasteiger partial charge in [-0.05, 0) is 38.5 Å². The van der Waals surface area contributed by atoms with Gasteiger partial charge >= 0.3 is 11.9 Å². The van der Waals surface area contributed by atoms with E-state index in [0.717, 1.165) is 64.2 Å². The summed E-state index contributed by atoms with van der Waals surface area (Å²) in [6.07, 6.45) is 36.8. The van der Waals surface area contributed by atoms with Crippen LogP contribution in [0.3, 0.4) is 0 Å². The fourth-order valence-electron chi connectivity index (χ4n) is 5.66. The predicted molar refractivity (Wildman–Crippen MR) is 172 cm³/mol. The van der Waals surface area contributed by atoms with Crippen LogP contribution in [0.15, 0.2) is 0 Å². The topological polar surface area (TPSA) is 63.6 Å². The van der Waals surface area contributed by atoms with Gasteiger partial charge in [0.2, 0.25) is 0 Å². The summed E-state index contributed by atoms with van der Waals surface area (Å²) in [7, 11) is 0. The maximum Gasteiger partial charge on any atom is 0.306 e. The SMILES string of the molecule is CCCCCCCCCCCCCCC(CCCCCCCC(=O)O)OC(=O)CCCCCCCCCCCC. The Kier molecular flexibility index (Phi) is 31.6. The van der Waals surface area contributed by atoms with Crippen LogP contribution < -0.4 is 0 Å². The maximum absolute atomic E-state index is 12.6. The normalized spacial score (nSPS) is 12.1. The van der Waals surface area contributed by atoms with Crippen molar-refractivity contribution in [1.29, 1.82) is 0 Å². The van der Waals surface area contributed by atoms with E-state index in [2.05, 4.69) is 13.8 Å². The summed E-state index contributed by atoms with van der Waals surface area (Å²) >= 11 is 0. The molecule has 1 N–H and O–H groups in total. The van der Waals surface area contributed by atoms with Gasteiger partial charge in [-0.25, -0.2) is 0 Å². The van der Waals surface area contributed by atoms with Crippen molar-refractivity contribution in [1.82, 2.24) is 0 Å². The Morgan fingerprint density at radius 3 is 1.10 bits per heavy atom. The zero-order valence-electron chi connectivity index (χ0n) is 27.2. The summed E-state index contributed by atoms with van der Waals surface area (Å²) in [5.41, 5.74) is 0. The Hall–Kier alpha value is -1.06. The van der Waals surface area contributed by atoms with Gasteiger partial charge in [0.1, 0.15) is 6.10 Å². The monoisotopic (exact) mass is 567 g/mol. The van der Waals surface area contributed by atoms with E-state index in [9.17, 15) is 9.59 Å². The molecular weight excluding hydrogens is 496 g/mol.